The summed E-state index contributed by atoms with van der Waals surface area (Å²) in [5, 5.41) is 4.60. The quantitative estimate of drug-likeness (QED) is 0.289. The minimum Gasteiger partial charge on any atom is -0.472 e. The van der Waals surface area contributed by atoms with Crippen LogP contribution in [0.25, 0.3) is 16.3 Å². The molecule has 4 rings (SSSR count). The van der Waals surface area contributed by atoms with E-state index in [9.17, 15) is 18.0 Å². The summed E-state index contributed by atoms with van der Waals surface area (Å²) in [5.41, 5.74) is 1.78. The van der Waals surface area contributed by atoms with Crippen LogP contribution in [0.3, 0.4) is 0 Å². The van der Waals surface area contributed by atoms with E-state index in [0.717, 1.165) is 22.9 Å². The Kier molecular flexibility index (Phi) is 5.89. The van der Waals surface area contributed by atoms with Gasteiger partial charge in [0.1, 0.15) is 0 Å². The van der Waals surface area contributed by atoms with Crippen LogP contribution in [0.2, 0.25) is 0 Å². The molecule has 0 fully saturated rings. The van der Waals surface area contributed by atoms with Gasteiger partial charge in [0.25, 0.3) is 0 Å². The Morgan fingerprint density at radius 2 is 1.81 bits per heavy atom. The summed E-state index contributed by atoms with van der Waals surface area (Å²) >= 11 is 0. The van der Waals surface area contributed by atoms with E-state index >= 15 is 0 Å². The fourth-order valence-corrected chi connectivity index (χ4v) is 3.25. The minimum atomic E-state index is -4.41. The molecule has 0 saturated carbocycles. The van der Waals surface area contributed by atoms with Gasteiger partial charge in [-0.25, -0.2) is 0 Å². The predicted molar refractivity (Wildman–Crippen MR) is 117 cm³/mol. The highest BCUT2D eigenvalue weighted by molar-refractivity contribution is 6.06. The van der Waals surface area contributed by atoms with Crippen molar-refractivity contribution >= 4 is 27.9 Å². The molecule has 0 aliphatic carbocycles. The van der Waals surface area contributed by atoms with Crippen LogP contribution in [0.15, 0.2) is 102 Å². The zero-order valence-corrected chi connectivity index (χ0v) is 16.6. The van der Waals surface area contributed by atoms with Crippen LogP contribution in [0, 0.1) is 0 Å². The highest BCUT2D eigenvalue weighted by Crippen LogP contribution is 2.31. The molecule has 160 valence electrons. The van der Waals surface area contributed by atoms with Crippen molar-refractivity contribution in [2.75, 3.05) is 5.32 Å². The molecule has 0 aliphatic rings. The van der Waals surface area contributed by atoms with Gasteiger partial charge in [-0.05, 0) is 41.5 Å². The number of fused-ring (bicyclic) bond motifs is 1. The highest BCUT2D eigenvalue weighted by atomic mass is 19.4. The van der Waals surface area contributed by atoms with Crippen LogP contribution in [-0.2, 0) is 11.0 Å². The maximum absolute atomic E-state index is 12.9. The second-order valence-corrected chi connectivity index (χ2v) is 6.92. The highest BCUT2D eigenvalue weighted by Gasteiger charge is 2.30. The molecule has 2 aromatic heterocycles. The molecule has 0 saturated heterocycles. The van der Waals surface area contributed by atoms with E-state index in [1.54, 1.807) is 36.7 Å². The molecule has 4 nitrogen and oxygen atoms in total. The second-order valence-electron chi connectivity index (χ2n) is 6.92. The Morgan fingerprint density at radius 1 is 1.00 bits per heavy atom. The number of furan rings is 1. The number of anilines is 1. The van der Waals surface area contributed by atoms with Crippen molar-refractivity contribution in [2.24, 2.45) is 0 Å². The maximum Gasteiger partial charge on any atom is 0.416 e. The molecule has 0 radical (unpaired) electrons. The van der Waals surface area contributed by atoms with Crippen molar-refractivity contribution in [3.05, 3.63) is 114 Å². The zero-order valence-electron chi connectivity index (χ0n) is 16.6. The number of alkyl halides is 3. The Labute approximate surface area is 181 Å². The molecule has 4 aromatic rings. The third kappa shape index (κ3) is 4.78. The van der Waals surface area contributed by atoms with Crippen LogP contribution >= 0.6 is 0 Å². The number of hydrogen-bond acceptors (Lipinski definition) is 3. The summed E-state index contributed by atoms with van der Waals surface area (Å²) in [5.74, 6) is -0.343. The van der Waals surface area contributed by atoms with Crippen molar-refractivity contribution in [2.45, 2.75) is 6.18 Å². The van der Waals surface area contributed by atoms with E-state index < -0.39 is 11.7 Å². The van der Waals surface area contributed by atoms with E-state index in [0.29, 0.717) is 22.4 Å². The smallest absolute Gasteiger partial charge is 0.416 e. The Bertz CT molecular complexity index is 1280. The largest absolute Gasteiger partial charge is 0.472 e. The molecule has 0 atom stereocenters. The van der Waals surface area contributed by atoms with E-state index in [2.05, 4.69) is 10.3 Å². The molecule has 0 unspecified atom stereocenters. The lowest BCUT2D eigenvalue weighted by Crippen LogP contribution is -2.08. The molecule has 2 heterocycles. The average Bonchev–Trinajstić information content (AvgIpc) is 3.31. The standard InChI is InChI=1S/C25H17F3N2O2/c26-25(27,28)20-9-7-17(8-10-20)21(19-12-14-32-16-19)4-2-6-24(31)30-23-5-1-3-18-15-29-13-11-22(18)23/h1-16H,(H,30,31)/b6-2+,21-4+. The number of allylic oxidation sites excluding steroid dienone is 2. The number of carbonyl (C=O) groups excluding carboxylic acids is 1. The van der Waals surface area contributed by atoms with Gasteiger partial charge in [-0.15, -0.1) is 0 Å². The fourth-order valence-electron chi connectivity index (χ4n) is 3.25. The lowest BCUT2D eigenvalue weighted by molar-refractivity contribution is -0.137. The van der Waals surface area contributed by atoms with Gasteiger partial charge in [0.05, 0.1) is 18.1 Å². The zero-order chi connectivity index (χ0) is 22.6. The van der Waals surface area contributed by atoms with E-state index in [1.165, 1.54) is 30.7 Å². The Hall–Kier alpha value is -4.13. The number of pyridine rings is 1. The van der Waals surface area contributed by atoms with Gasteiger partial charge in [-0.2, -0.15) is 13.2 Å². The van der Waals surface area contributed by atoms with E-state index in [1.807, 2.05) is 18.2 Å². The van der Waals surface area contributed by atoms with E-state index in [4.69, 9.17) is 4.42 Å². The SMILES string of the molecule is O=C(/C=C/C=C(\c1ccc(C(F)(F)F)cc1)c1ccoc1)Nc1cccc2cnccc12. The third-order valence-electron chi connectivity index (χ3n) is 4.80. The van der Waals surface area contributed by atoms with Crippen molar-refractivity contribution in [1.29, 1.82) is 0 Å². The molecule has 0 bridgehead atoms. The van der Waals surface area contributed by atoms with Crippen molar-refractivity contribution in [3.63, 3.8) is 0 Å². The lowest BCUT2D eigenvalue weighted by Gasteiger charge is -2.09. The molecule has 0 spiro atoms. The number of amides is 1. The number of nitrogens with one attached hydrogen (secondary N) is 1. The van der Waals surface area contributed by atoms with Crippen molar-refractivity contribution in [1.82, 2.24) is 4.98 Å². The van der Waals surface area contributed by atoms with Crippen molar-refractivity contribution in [3.8, 4) is 0 Å². The summed E-state index contributed by atoms with van der Waals surface area (Å²) in [6.45, 7) is 0. The number of aromatic nitrogens is 1. The predicted octanol–water partition coefficient (Wildman–Crippen LogP) is 6.47. The van der Waals surface area contributed by atoms with Gasteiger partial charge < -0.3 is 9.73 Å². The summed E-state index contributed by atoms with van der Waals surface area (Å²) in [6.07, 6.45) is 6.46. The van der Waals surface area contributed by atoms with Gasteiger partial charge in [0.2, 0.25) is 5.91 Å². The molecule has 32 heavy (non-hydrogen) atoms. The van der Waals surface area contributed by atoms with Gasteiger partial charge in [0, 0.05) is 40.5 Å². The summed E-state index contributed by atoms with van der Waals surface area (Å²) < 4.78 is 43.7. The molecular weight excluding hydrogens is 417 g/mol. The number of nitrogens with zero attached hydrogens (tertiary/aromatic N) is 1. The maximum atomic E-state index is 12.9. The Balaban J connectivity index is 1.57. The van der Waals surface area contributed by atoms with Crippen LogP contribution in [0.4, 0.5) is 18.9 Å². The molecule has 2 aromatic carbocycles. The van der Waals surface area contributed by atoms with Gasteiger partial charge in [-0.1, -0.05) is 36.4 Å². The number of halogens is 3. The number of benzene rings is 2. The summed E-state index contributed by atoms with van der Waals surface area (Å²) in [7, 11) is 0. The number of rotatable bonds is 5. The lowest BCUT2D eigenvalue weighted by atomic mass is 9.98. The topological polar surface area (TPSA) is 55.1 Å². The van der Waals surface area contributed by atoms with Crippen LogP contribution in [0.1, 0.15) is 16.7 Å². The number of hydrogen-bond donors (Lipinski definition) is 1. The second kappa shape index (κ2) is 8.93. The van der Waals surface area contributed by atoms with Crippen LogP contribution in [-0.4, -0.2) is 10.9 Å². The molecule has 7 heteroatoms. The summed E-state index contributed by atoms with van der Waals surface area (Å²) in [6, 6.07) is 13.9. The molecule has 1 N–H and O–H groups in total. The van der Waals surface area contributed by atoms with Gasteiger partial charge >= 0.3 is 6.18 Å². The van der Waals surface area contributed by atoms with Gasteiger partial charge in [-0.3, -0.25) is 9.78 Å². The first-order chi connectivity index (χ1) is 15.4. The van der Waals surface area contributed by atoms with Crippen LogP contribution < -0.4 is 5.32 Å². The average molecular weight is 434 g/mol. The van der Waals surface area contributed by atoms with Gasteiger partial charge in [0.15, 0.2) is 0 Å². The first kappa shape index (κ1) is 21.1. The first-order valence-corrected chi connectivity index (χ1v) is 9.64. The molecule has 1 amide bonds. The molecule has 0 aliphatic heterocycles. The third-order valence-corrected chi connectivity index (χ3v) is 4.80. The Morgan fingerprint density at radius 3 is 2.53 bits per heavy atom. The van der Waals surface area contributed by atoms with E-state index in [-0.39, 0.29) is 5.91 Å². The monoisotopic (exact) mass is 434 g/mol. The summed E-state index contributed by atoms with van der Waals surface area (Å²) in [4.78, 5) is 16.5. The number of carbonyl (C=O) groups is 1. The normalized spacial score (nSPS) is 12.4. The fraction of sp³-hybridized carbons (Fsp3) is 0.0400. The first-order valence-electron chi connectivity index (χ1n) is 9.64. The van der Waals surface area contributed by atoms with Crippen molar-refractivity contribution < 1.29 is 22.4 Å². The van der Waals surface area contributed by atoms with Crippen LogP contribution in [0.5, 0.6) is 0 Å². The molecular formula is C25H17F3N2O2. The minimum absolute atomic E-state index is 0.343.